The molecule has 1 fully saturated rings. The third-order valence-corrected chi connectivity index (χ3v) is 5.52. The number of methoxy groups -OCH3 is 1. The predicted octanol–water partition coefficient (Wildman–Crippen LogP) is 3.45. The highest BCUT2D eigenvalue weighted by molar-refractivity contribution is 8.24. The van der Waals surface area contributed by atoms with Gasteiger partial charge in [0.25, 0.3) is 0 Å². The van der Waals surface area contributed by atoms with Gasteiger partial charge in [-0.05, 0) is 29.8 Å². The summed E-state index contributed by atoms with van der Waals surface area (Å²) < 4.78 is 5.60. The third-order valence-electron chi connectivity index (χ3n) is 3.93. The van der Waals surface area contributed by atoms with Crippen LogP contribution in [0.15, 0.2) is 54.6 Å². The maximum absolute atomic E-state index is 12.6. The number of carbonyl (C=O) groups excluding carboxylic acids is 2. The van der Waals surface area contributed by atoms with E-state index in [9.17, 15) is 9.59 Å². The molecule has 0 bridgehead atoms. The number of hydrogen-bond acceptors (Lipinski definition) is 5. The monoisotopic (exact) mass is 386 g/mol. The van der Waals surface area contributed by atoms with Crippen molar-refractivity contribution in [2.24, 2.45) is 0 Å². The molecule has 0 aliphatic carbocycles. The molecule has 1 saturated heterocycles. The summed E-state index contributed by atoms with van der Waals surface area (Å²) in [7, 11) is 1.58. The molecule has 0 saturated carbocycles. The highest BCUT2D eigenvalue weighted by Gasteiger charge is 2.38. The number of nitrogens with zero attached hydrogens (tertiary/aromatic N) is 1. The summed E-state index contributed by atoms with van der Waals surface area (Å²) in [5.74, 6) is 0.380. The van der Waals surface area contributed by atoms with Gasteiger partial charge in [-0.3, -0.25) is 14.5 Å². The van der Waals surface area contributed by atoms with Gasteiger partial charge in [0.15, 0.2) is 0 Å². The summed E-state index contributed by atoms with van der Waals surface area (Å²) in [5.41, 5.74) is 1.67. The molecule has 134 valence electrons. The fourth-order valence-corrected chi connectivity index (χ4v) is 4.08. The van der Waals surface area contributed by atoms with E-state index in [1.165, 1.54) is 11.8 Å². The number of nitrogens with one attached hydrogen (secondary N) is 1. The van der Waals surface area contributed by atoms with Gasteiger partial charge in [0.05, 0.1) is 18.9 Å². The lowest BCUT2D eigenvalue weighted by Gasteiger charge is -2.15. The van der Waals surface area contributed by atoms with Crippen molar-refractivity contribution in [2.45, 2.75) is 18.2 Å². The van der Waals surface area contributed by atoms with Crippen molar-refractivity contribution in [1.82, 2.24) is 4.90 Å². The molecule has 2 amide bonds. The van der Waals surface area contributed by atoms with E-state index in [0.29, 0.717) is 22.3 Å². The SMILES string of the molecule is COc1ccc(NC(=O)CC2SC(=S)N(Cc3ccccc3)C2=O)cc1. The number of anilines is 1. The standard InChI is InChI=1S/C19H18N2O3S2/c1-24-15-9-7-14(8-10-15)20-17(22)11-16-18(23)21(19(25)26-16)12-13-5-3-2-4-6-13/h2-10,16H,11-12H2,1H3,(H,20,22). The number of rotatable bonds is 6. The molecule has 1 aliphatic rings. The number of benzene rings is 2. The second kappa shape index (κ2) is 8.33. The van der Waals surface area contributed by atoms with Crippen LogP contribution in [0.4, 0.5) is 5.69 Å². The zero-order chi connectivity index (χ0) is 18.5. The third kappa shape index (κ3) is 4.42. The summed E-state index contributed by atoms with van der Waals surface area (Å²) in [4.78, 5) is 26.5. The van der Waals surface area contributed by atoms with Crippen LogP contribution < -0.4 is 10.1 Å². The molecule has 0 spiro atoms. The predicted molar refractivity (Wildman–Crippen MR) is 107 cm³/mol. The maximum atomic E-state index is 12.6. The molecule has 0 radical (unpaired) electrons. The Hall–Kier alpha value is -2.38. The summed E-state index contributed by atoms with van der Waals surface area (Å²) in [6, 6.07) is 16.7. The zero-order valence-electron chi connectivity index (χ0n) is 14.2. The van der Waals surface area contributed by atoms with E-state index in [2.05, 4.69) is 5.32 Å². The number of carbonyl (C=O) groups is 2. The van der Waals surface area contributed by atoms with Crippen LogP contribution in [-0.4, -0.2) is 33.4 Å². The lowest BCUT2D eigenvalue weighted by atomic mass is 10.2. The summed E-state index contributed by atoms with van der Waals surface area (Å²) >= 11 is 6.60. The van der Waals surface area contributed by atoms with Crippen molar-refractivity contribution < 1.29 is 14.3 Å². The van der Waals surface area contributed by atoms with Crippen LogP contribution in [-0.2, 0) is 16.1 Å². The van der Waals surface area contributed by atoms with Gasteiger partial charge in [0, 0.05) is 12.1 Å². The molecular formula is C19H18N2O3S2. The molecule has 1 aliphatic heterocycles. The van der Waals surface area contributed by atoms with Crippen LogP contribution in [0.2, 0.25) is 0 Å². The smallest absolute Gasteiger partial charge is 0.242 e. The maximum Gasteiger partial charge on any atom is 0.242 e. The number of hydrogen-bond donors (Lipinski definition) is 1. The van der Waals surface area contributed by atoms with Crippen molar-refractivity contribution in [3.63, 3.8) is 0 Å². The van der Waals surface area contributed by atoms with Gasteiger partial charge in [-0.15, -0.1) is 0 Å². The molecule has 5 nitrogen and oxygen atoms in total. The molecule has 2 aromatic rings. The Morgan fingerprint density at radius 1 is 1.19 bits per heavy atom. The number of amides is 2. The minimum absolute atomic E-state index is 0.0843. The Bertz CT molecular complexity index is 809. The number of thioether (sulfide) groups is 1. The van der Waals surface area contributed by atoms with Crippen LogP contribution in [0.5, 0.6) is 5.75 Å². The first kappa shape index (κ1) is 18.4. The molecule has 7 heteroatoms. The van der Waals surface area contributed by atoms with E-state index in [-0.39, 0.29) is 18.2 Å². The first-order chi connectivity index (χ1) is 12.6. The second-order valence-corrected chi connectivity index (χ2v) is 7.60. The Balaban J connectivity index is 1.58. The minimum atomic E-state index is -0.482. The van der Waals surface area contributed by atoms with Crippen molar-refractivity contribution in [2.75, 3.05) is 12.4 Å². The average Bonchev–Trinajstić information content (AvgIpc) is 2.90. The lowest BCUT2D eigenvalue weighted by Crippen LogP contribution is -2.32. The molecular weight excluding hydrogens is 368 g/mol. The normalized spacial score (nSPS) is 16.7. The van der Waals surface area contributed by atoms with E-state index in [4.69, 9.17) is 17.0 Å². The fourth-order valence-electron chi connectivity index (χ4n) is 2.59. The van der Waals surface area contributed by atoms with Crippen LogP contribution in [0.1, 0.15) is 12.0 Å². The molecule has 1 N–H and O–H groups in total. The summed E-state index contributed by atoms with van der Waals surface area (Å²) in [5, 5.41) is 2.32. The largest absolute Gasteiger partial charge is 0.497 e. The first-order valence-corrected chi connectivity index (χ1v) is 9.35. The van der Waals surface area contributed by atoms with Crippen LogP contribution >= 0.6 is 24.0 Å². The van der Waals surface area contributed by atoms with E-state index >= 15 is 0 Å². The van der Waals surface area contributed by atoms with Gasteiger partial charge in [0.2, 0.25) is 11.8 Å². The lowest BCUT2D eigenvalue weighted by molar-refractivity contribution is -0.128. The Kier molecular flexibility index (Phi) is 5.90. The van der Waals surface area contributed by atoms with Crippen molar-refractivity contribution in [3.8, 4) is 5.75 Å². The molecule has 1 heterocycles. The molecule has 3 rings (SSSR count). The second-order valence-electron chi connectivity index (χ2n) is 5.76. The van der Waals surface area contributed by atoms with Crippen LogP contribution in [0.25, 0.3) is 0 Å². The van der Waals surface area contributed by atoms with Crippen molar-refractivity contribution in [3.05, 3.63) is 60.2 Å². The highest BCUT2D eigenvalue weighted by atomic mass is 32.2. The number of thiocarbonyl (C=S) groups is 1. The van der Waals surface area contributed by atoms with Crippen molar-refractivity contribution in [1.29, 1.82) is 0 Å². The van der Waals surface area contributed by atoms with E-state index in [0.717, 1.165) is 5.56 Å². The number of ether oxygens (including phenoxy) is 1. The first-order valence-electron chi connectivity index (χ1n) is 8.06. The van der Waals surface area contributed by atoms with Gasteiger partial charge in [-0.1, -0.05) is 54.3 Å². The highest BCUT2D eigenvalue weighted by Crippen LogP contribution is 2.31. The Labute approximate surface area is 161 Å². The van der Waals surface area contributed by atoms with Gasteiger partial charge >= 0.3 is 0 Å². The minimum Gasteiger partial charge on any atom is -0.497 e. The average molecular weight is 386 g/mol. The van der Waals surface area contributed by atoms with Crippen LogP contribution in [0, 0.1) is 0 Å². The summed E-state index contributed by atoms with van der Waals surface area (Å²) in [6.45, 7) is 0.433. The fraction of sp³-hybridized carbons (Fsp3) is 0.211. The zero-order valence-corrected chi connectivity index (χ0v) is 15.8. The van der Waals surface area contributed by atoms with Gasteiger partial charge in [-0.25, -0.2) is 0 Å². The molecule has 1 atom stereocenters. The van der Waals surface area contributed by atoms with Crippen molar-refractivity contribution >= 4 is 45.8 Å². The Morgan fingerprint density at radius 2 is 1.88 bits per heavy atom. The molecule has 0 aromatic heterocycles. The van der Waals surface area contributed by atoms with Gasteiger partial charge < -0.3 is 10.1 Å². The van der Waals surface area contributed by atoms with Gasteiger partial charge in [0.1, 0.15) is 10.1 Å². The topological polar surface area (TPSA) is 58.6 Å². The van der Waals surface area contributed by atoms with Gasteiger partial charge in [-0.2, -0.15) is 0 Å². The summed E-state index contributed by atoms with van der Waals surface area (Å²) in [6.07, 6.45) is 0.0843. The van der Waals surface area contributed by atoms with E-state index in [1.807, 2.05) is 30.3 Å². The quantitative estimate of drug-likeness (QED) is 0.771. The Morgan fingerprint density at radius 3 is 2.54 bits per heavy atom. The molecule has 1 unspecified atom stereocenters. The van der Waals surface area contributed by atoms with Crippen LogP contribution in [0.3, 0.4) is 0 Å². The van der Waals surface area contributed by atoms with E-state index < -0.39 is 5.25 Å². The molecule has 2 aromatic carbocycles. The molecule has 26 heavy (non-hydrogen) atoms. The van der Waals surface area contributed by atoms with E-state index in [1.54, 1.807) is 36.3 Å².